The lowest BCUT2D eigenvalue weighted by molar-refractivity contribution is 0.0794. The summed E-state index contributed by atoms with van der Waals surface area (Å²) in [4.78, 5) is 0. The zero-order valence-corrected chi connectivity index (χ0v) is 22.3. The summed E-state index contributed by atoms with van der Waals surface area (Å²) in [5.41, 5.74) is 7.08. The van der Waals surface area contributed by atoms with E-state index >= 15 is 0 Å². The molecule has 0 saturated carbocycles. The Balaban J connectivity index is 1.43. The molecule has 0 aliphatic heterocycles. The van der Waals surface area contributed by atoms with Crippen molar-refractivity contribution in [3.05, 3.63) is 120 Å². The number of aliphatic hydroxyl groups is 1. The van der Waals surface area contributed by atoms with Crippen LogP contribution in [0.15, 0.2) is 103 Å². The first-order valence-electron chi connectivity index (χ1n) is 13.3. The van der Waals surface area contributed by atoms with E-state index in [-0.39, 0.29) is 5.41 Å². The van der Waals surface area contributed by atoms with Crippen LogP contribution in [0.25, 0.3) is 43.4 Å². The van der Waals surface area contributed by atoms with E-state index in [1.165, 1.54) is 54.6 Å². The lowest BCUT2D eigenvalue weighted by Crippen LogP contribution is -2.17. The number of hydrogen-bond acceptors (Lipinski definition) is 2. The maximum absolute atomic E-state index is 10.7. The standard InChI is InChI=1S/C36H31NO/c1-35(2)32-19-22(37-34-16-10-9-15-31(34)36(3,4)38)17-18-27(32)30-20-28-25-13-7-5-11-23(25)24-12-6-8-14-26(24)29(28)21-33(30)35/h5-21,37-38H,1-4H3. The molecular weight excluding hydrogens is 462 g/mol. The number of anilines is 2. The lowest BCUT2D eigenvalue weighted by atomic mass is 9.81. The van der Waals surface area contributed by atoms with Gasteiger partial charge in [-0.25, -0.2) is 0 Å². The summed E-state index contributed by atoms with van der Waals surface area (Å²) in [6.07, 6.45) is 0. The molecule has 0 unspecified atom stereocenters. The normalized spacial score (nSPS) is 14.1. The van der Waals surface area contributed by atoms with E-state index in [1.54, 1.807) is 0 Å². The molecule has 6 aromatic carbocycles. The molecule has 0 amide bonds. The van der Waals surface area contributed by atoms with Crippen molar-refractivity contribution >= 4 is 43.7 Å². The molecule has 0 saturated heterocycles. The van der Waals surface area contributed by atoms with Crippen molar-refractivity contribution in [3.63, 3.8) is 0 Å². The van der Waals surface area contributed by atoms with E-state index in [9.17, 15) is 5.11 Å². The summed E-state index contributed by atoms with van der Waals surface area (Å²) in [5.74, 6) is 0. The molecule has 7 rings (SSSR count). The molecule has 2 heteroatoms. The van der Waals surface area contributed by atoms with E-state index in [0.29, 0.717) is 0 Å². The summed E-state index contributed by atoms with van der Waals surface area (Å²) < 4.78 is 0. The number of fused-ring (bicyclic) bond motifs is 9. The molecule has 0 heterocycles. The average molecular weight is 494 g/mol. The molecule has 186 valence electrons. The third-order valence-electron chi connectivity index (χ3n) is 8.40. The third kappa shape index (κ3) is 3.30. The van der Waals surface area contributed by atoms with Crippen LogP contribution in [0.2, 0.25) is 0 Å². The molecule has 0 bridgehead atoms. The molecule has 6 aromatic rings. The van der Waals surface area contributed by atoms with Gasteiger partial charge in [0, 0.05) is 22.4 Å². The molecule has 0 spiro atoms. The minimum absolute atomic E-state index is 0.140. The summed E-state index contributed by atoms with van der Waals surface area (Å²) >= 11 is 0. The Bertz CT molecular complexity index is 1910. The van der Waals surface area contributed by atoms with Crippen LogP contribution in [-0.4, -0.2) is 5.11 Å². The molecule has 0 aromatic heterocycles. The van der Waals surface area contributed by atoms with Crippen LogP contribution in [0, 0.1) is 0 Å². The van der Waals surface area contributed by atoms with Gasteiger partial charge in [-0.2, -0.15) is 0 Å². The zero-order valence-electron chi connectivity index (χ0n) is 22.3. The fourth-order valence-electron chi connectivity index (χ4n) is 6.49. The van der Waals surface area contributed by atoms with E-state index in [0.717, 1.165) is 16.9 Å². The fraction of sp³-hybridized carbons (Fsp3) is 0.167. The second kappa shape index (κ2) is 7.93. The Morgan fingerprint density at radius 2 is 1.11 bits per heavy atom. The van der Waals surface area contributed by atoms with Crippen molar-refractivity contribution < 1.29 is 5.11 Å². The molecule has 1 aliphatic rings. The van der Waals surface area contributed by atoms with Crippen LogP contribution in [0.1, 0.15) is 44.4 Å². The van der Waals surface area contributed by atoms with Gasteiger partial charge in [-0.15, -0.1) is 0 Å². The van der Waals surface area contributed by atoms with Gasteiger partial charge in [0.15, 0.2) is 0 Å². The van der Waals surface area contributed by atoms with Crippen LogP contribution in [-0.2, 0) is 11.0 Å². The summed E-state index contributed by atoms with van der Waals surface area (Å²) in [6, 6.07) is 37.1. The molecule has 0 fully saturated rings. The zero-order chi connectivity index (χ0) is 26.2. The van der Waals surface area contributed by atoms with Crippen LogP contribution < -0.4 is 5.32 Å². The topological polar surface area (TPSA) is 32.3 Å². The Kier molecular flexibility index (Phi) is 4.80. The number of para-hydroxylation sites is 1. The Morgan fingerprint density at radius 3 is 1.74 bits per heavy atom. The first-order chi connectivity index (χ1) is 18.2. The molecule has 0 radical (unpaired) electrons. The van der Waals surface area contributed by atoms with Gasteiger partial charge in [-0.3, -0.25) is 0 Å². The highest BCUT2D eigenvalue weighted by atomic mass is 16.3. The van der Waals surface area contributed by atoms with Crippen molar-refractivity contribution in [2.75, 3.05) is 5.32 Å². The monoisotopic (exact) mass is 493 g/mol. The van der Waals surface area contributed by atoms with Gasteiger partial charge in [0.25, 0.3) is 0 Å². The van der Waals surface area contributed by atoms with Gasteiger partial charge >= 0.3 is 0 Å². The molecular formula is C36H31NO. The van der Waals surface area contributed by atoms with Crippen molar-refractivity contribution in [1.29, 1.82) is 0 Å². The van der Waals surface area contributed by atoms with Crippen LogP contribution in [0.4, 0.5) is 11.4 Å². The van der Waals surface area contributed by atoms with Crippen molar-refractivity contribution in [2.24, 2.45) is 0 Å². The number of nitrogens with one attached hydrogen (secondary N) is 1. The lowest BCUT2D eigenvalue weighted by Gasteiger charge is -2.24. The third-order valence-corrected chi connectivity index (χ3v) is 8.40. The molecule has 1 aliphatic carbocycles. The maximum atomic E-state index is 10.7. The van der Waals surface area contributed by atoms with Gasteiger partial charge in [0.05, 0.1) is 5.60 Å². The van der Waals surface area contributed by atoms with Gasteiger partial charge in [0.1, 0.15) is 0 Å². The first kappa shape index (κ1) is 23.0. The highest BCUT2D eigenvalue weighted by Crippen LogP contribution is 2.52. The minimum atomic E-state index is -0.929. The van der Waals surface area contributed by atoms with E-state index in [1.807, 2.05) is 38.1 Å². The second-order valence-corrected chi connectivity index (χ2v) is 11.6. The molecule has 2 N–H and O–H groups in total. The van der Waals surface area contributed by atoms with Crippen LogP contribution >= 0.6 is 0 Å². The molecule has 2 nitrogen and oxygen atoms in total. The van der Waals surface area contributed by atoms with Gasteiger partial charge in [0.2, 0.25) is 0 Å². The van der Waals surface area contributed by atoms with E-state index in [4.69, 9.17) is 0 Å². The summed E-state index contributed by atoms with van der Waals surface area (Å²) in [5, 5.41) is 22.1. The number of rotatable bonds is 3. The average Bonchev–Trinajstić information content (AvgIpc) is 3.13. The van der Waals surface area contributed by atoms with Gasteiger partial charge in [-0.05, 0) is 98.8 Å². The van der Waals surface area contributed by atoms with E-state index in [2.05, 4.69) is 98.0 Å². The Morgan fingerprint density at radius 1 is 0.579 bits per heavy atom. The van der Waals surface area contributed by atoms with Gasteiger partial charge < -0.3 is 10.4 Å². The Hall–Kier alpha value is -4.14. The summed E-state index contributed by atoms with van der Waals surface area (Å²) in [7, 11) is 0. The SMILES string of the molecule is CC(C)(O)c1ccccc1Nc1ccc2c(c1)C(C)(C)c1cc3c4ccccc4c4ccccc4c3cc1-2. The molecule has 38 heavy (non-hydrogen) atoms. The first-order valence-corrected chi connectivity index (χ1v) is 13.3. The predicted octanol–water partition coefficient (Wildman–Crippen LogP) is 9.42. The minimum Gasteiger partial charge on any atom is -0.386 e. The van der Waals surface area contributed by atoms with Crippen molar-refractivity contribution in [3.8, 4) is 11.1 Å². The van der Waals surface area contributed by atoms with Crippen molar-refractivity contribution in [1.82, 2.24) is 0 Å². The number of hydrogen-bond donors (Lipinski definition) is 2. The van der Waals surface area contributed by atoms with Crippen LogP contribution in [0.3, 0.4) is 0 Å². The quantitative estimate of drug-likeness (QED) is 0.241. The predicted molar refractivity (Wildman–Crippen MR) is 161 cm³/mol. The van der Waals surface area contributed by atoms with Gasteiger partial charge in [-0.1, -0.05) is 86.6 Å². The van der Waals surface area contributed by atoms with E-state index < -0.39 is 5.60 Å². The smallest absolute Gasteiger partial charge is 0.0860 e. The summed E-state index contributed by atoms with van der Waals surface area (Å²) in [6.45, 7) is 8.32. The maximum Gasteiger partial charge on any atom is 0.0860 e. The highest BCUT2D eigenvalue weighted by Gasteiger charge is 2.36. The fourth-order valence-corrected chi connectivity index (χ4v) is 6.49. The van der Waals surface area contributed by atoms with Crippen molar-refractivity contribution in [2.45, 2.75) is 38.7 Å². The second-order valence-electron chi connectivity index (χ2n) is 11.6. The highest BCUT2D eigenvalue weighted by molar-refractivity contribution is 6.26. The Labute approximate surface area is 223 Å². The van der Waals surface area contributed by atoms with Crippen LogP contribution in [0.5, 0.6) is 0 Å². The largest absolute Gasteiger partial charge is 0.386 e. The number of benzene rings is 6. The molecule has 0 atom stereocenters.